The van der Waals surface area contributed by atoms with E-state index in [0.29, 0.717) is 36.1 Å². The van der Waals surface area contributed by atoms with Crippen molar-refractivity contribution in [2.75, 3.05) is 13.1 Å². The highest BCUT2D eigenvalue weighted by Gasteiger charge is 2.50. The van der Waals surface area contributed by atoms with Gasteiger partial charge in [0.2, 0.25) is 0 Å². The molecule has 0 saturated carbocycles. The van der Waals surface area contributed by atoms with Gasteiger partial charge in [-0.3, -0.25) is 9.59 Å². The molecule has 0 saturated heterocycles. The number of hydrogen-bond donors (Lipinski definition) is 0. The van der Waals surface area contributed by atoms with Crippen LogP contribution in [0.15, 0.2) is 145 Å². The fourth-order valence-corrected chi connectivity index (χ4v) is 17.8. The maximum Gasteiger partial charge on any atom is 0.261 e. The molecular weight excluding hydrogens is 1210 g/mol. The molecule has 2 aromatic heterocycles. The number of thiophene rings is 2. The van der Waals surface area contributed by atoms with E-state index in [2.05, 4.69) is 195 Å². The summed E-state index contributed by atoms with van der Waals surface area (Å²) in [5.41, 5.74) is 4.78. The summed E-state index contributed by atoms with van der Waals surface area (Å²) in [6, 6.07) is 48.4. The summed E-state index contributed by atoms with van der Waals surface area (Å²) >= 11 is 3.28. The van der Waals surface area contributed by atoms with Gasteiger partial charge in [-0.25, -0.2) is 0 Å². The Morgan fingerprint density at radius 3 is 0.938 bits per heavy atom. The molecule has 0 N–H and O–H groups in total. The van der Waals surface area contributed by atoms with Crippen LogP contribution in [0.1, 0.15) is 264 Å². The van der Waals surface area contributed by atoms with Crippen molar-refractivity contribution in [3.05, 3.63) is 175 Å². The lowest BCUT2D eigenvalue weighted by atomic mass is 9.92. The van der Waals surface area contributed by atoms with E-state index in [4.69, 9.17) is 0 Å². The standard InChI is InChI=1S/C90H104N2O2S2/c1-5-9-13-17-21-23-27-31-37-65(35-29-25-19-15-11-7-3)63-91-87(79-61-57-75(95-79)55-51-67-43-45-73-49-47-69-39-33-41-71-53-59-77(67)83(73)81(69)71)85-86(89(91)93)88(92(90(85)94)64-66(36-30-26-20-16-12-8-4)38-32-28-24-22-18-14-10-6-2)80-62-58-76(96-80)56-52-68-44-46-74-50-48-70-40-34-42-72-54-60-78(68)84(74)82(70)72/h33-34,39-50,53-54,57-62,65-66H,5-32,35-38,63-64H2,1-4H3. The van der Waals surface area contributed by atoms with Crippen molar-refractivity contribution in [2.24, 2.45) is 11.8 Å². The molecule has 0 spiro atoms. The molecule has 0 radical (unpaired) electrons. The zero-order chi connectivity index (χ0) is 66.0. The van der Waals surface area contributed by atoms with Gasteiger partial charge in [0.25, 0.3) is 11.8 Å². The monoisotopic (exact) mass is 1310 g/mol. The number of fused-ring (bicyclic) bond motifs is 1. The molecule has 2 aliphatic heterocycles. The van der Waals surface area contributed by atoms with Gasteiger partial charge < -0.3 is 9.80 Å². The molecule has 4 nitrogen and oxygen atoms in total. The third-order valence-electron chi connectivity index (χ3n) is 21.3. The molecule has 10 aromatic rings. The maximum atomic E-state index is 16.4. The van der Waals surface area contributed by atoms with E-state index in [1.54, 1.807) is 22.7 Å². The van der Waals surface area contributed by atoms with E-state index < -0.39 is 0 Å². The number of carbonyl (C=O) groups is 2. The van der Waals surface area contributed by atoms with Crippen LogP contribution in [0.3, 0.4) is 0 Å². The number of amides is 2. The molecule has 2 amide bonds. The van der Waals surface area contributed by atoms with E-state index in [1.807, 2.05) is 0 Å². The average molecular weight is 1310 g/mol. The first-order chi connectivity index (χ1) is 47.3. The topological polar surface area (TPSA) is 40.6 Å². The summed E-state index contributed by atoms with van der Waals surface area (Å²) in [5.74, 6) is 15.2. The van der Waals surface area contributed by atoms with Crippen LogP contribution in [0.4, 0.5) is 0 Å². The number of nitrogens with zero attached hydrogens (tertiary/aromatic N) is 2. The van der Waals surface area contributed by atoms with Crippen LogP contribution >= 0.6 is 22.7 Å². The van der Waals surface area contributed by atoms with Crippen LogP contribution in [0.25, 0.3) is 76.0 Å². The molecule has 0 bridgehead atoms. The minimum absolute atomic E-state index is 0.0189. The van der Waals surface area contributed by atoms with Gasteiger partial charge in [-0.15, -0.1) is 22.7 Å². The Bertz CT molecular complexity index is 4120. The van der Waals surface area contributed by atoms with Crippen LogP contribution in [-0.2, 0) is 9.59 Å². The number of hydrogen-bond acceptors (Lipinski definition) is 4. The first-order valence-corrected chi connectivity index (χ1v) is 39.7. The van der Waals surface area contributed by atoms with Crippen molar-refractivity contribution in [2.45, 2.75) is 233 Å². The van der Waals surface area contributed by atoms with Gasteiger partial charge in [-0.1, -0.05) is 328 Å². The Morgan fingerprint density at radius 1 is 0.312 bits per heavy atom. The molecule has 12 rings (SSSR count). The van der Waals surface area contributed by atoms with Crippen LogP contribution in [0, 0.1) is 35.5 Å². The minimum Gasteiger partial charge on any atom is -0.306 e. The smallest absolute Gasteiger partial charge is 0.261 e. The lowest BCUT2D eigenvalue weighted by Gasteiger charge is -2.29. The molecule has 96 heavy (non-hydrogen) atoms. The van der Waals surface area contributed by atoms with E-state index in [9.17, 15) is 0 Å². The van der Waals surface area contributed by atoms with Crippen LogP contribution in [-0.4, -0.2) is 34.7 Å². The van der Waals surface area contributed by atoms with E-state index in [-0.39, 0.29) is 11.8 Å². The predicted molar refractivity (Wildman–Crippen MR) is 416 cm³/mol. The number of rotatable bonds is 38. The summed E-state index contributed by atoms with van der Waals surface area (Å²) in [4.78, 5) is 40.8. The van der Waals surface area contributed by atoms with Crippen molar-refractivity contribution < 1.29 is 9.59 Å². The lowest BCUT2D eigenvalue weighted by molar-refractivity contribution is -0.124. The first kappa shape index (κ1) is 68.7. The van der Waals surface area contributed by atoms with Crippen molar-refractivity contribution >= 4 is 111 Å². The molecule has 498 valence electrons. The van der Waals surface area contributed by atoms with Gasteiger partial charge >= 0.3 is 0 Å². The van der Waals surface area contributed by atoms with Crippen molar-refractivity contribution in [3.8, 4) is 23.7 Å². The van der Waals surface area contributed by atoms with Gasteiger partial charge in [0, 0.05) is 24.2 Å². The van der Waals surface area contributed by atoms with Crippen molar-refractivity contribution in [1.29, 1.82) is 0 Å². The first-order valence-electron chi connectivity index (χ1n) is 38.1. The highest BCUT2D eigenvalue weighted by Crippen LogP contribution is 2.50. The van der Waals surface area contributed by atoms with Crippen LogP contribution in [0.2, 0.25) is 0 Å². The average Bonchev–Trinajstić information content (AvgIpc) is 1.45. The van der Waals surface area contributed by atoms with Gasteiger partial charge in [-0.2, -0.15) is 0 Å². The Morgan fingerprint density at radius 2 is 0.604 bits per heavy atom. The van der Waals surface area contributed by atoms with Crippen molar-refractivity contribution in [1.82, 2.24) is 9.80 Å². The van der Waals surface area contributed by atoms with E-state index in [1.165, 1.54) is 208 Å². The third-order valence-corrected chi connectivity index (χ3v) is 23.3. The zero-order valence-corrected chi connectivity index (χ0v) is 60.1. The number of unbranched alkanes of at least 4 members (excludes halogenated alkanes) is 24. The minimum atomic E-state index is -0.0189. The largest absolute Gasteiger partial charge is 0.306 e. The second-order valence-electron chi connectivity index (χ2n) is 28.4. The van der Waals surface area contributed by atoms with Crippen molar-refractivity contribution in [3.63, 3.8) is 0 Å². The zero-order valence-electron chi connectivity index (χ0n) is 58.4. The molecule has 0 aliphatic carbocycles. The highest BCUT2D eigenvalue weighted by molar-refractivity contribution is 7.14. The molecule has 2 aliphatic rings. The van der Waals surface area contributed by atoms with Gasteiger partial charge in [0.05, 0.1) is 42.0 Å². The molecule has 2 atom stereocenters. The molecule has 2 unspecified atom stereocenters. The second-order valence-corrected chi connectivity index (χ2v) is 30.6. The normalized spacial score (nSPS) is 14.1. The third kappa shape index (κ3) is 16.2. The molecular formula is C90H104N2O2S2. The SMILES string of the molecule is CCCCCCCCCCC(CCCCCCCC)CN1C(=O)C2=C(c3ccc(C#Cc4ccc5ccc6cccc7ccc4c5c67)s3)N(CC(CCCCCCCC)CCCCCCCCCC)C(=O)C2=C1c1ccc(C#Cc2ccc3ccc4cccc5ccc2c3c45)s1. The Hall–Kier alpha value is -7.22. The maximum absolute atomic E-state index is 16.4. The Labute approximate surface area is 583 Å². The summed E-state index contributed by atoms with van der Waals surface area (Å²) in [6.45, 7) is 10.4. The number of benzene rings is 8. The van der Waals surface area contributed by atoms with Gasteiger partial charge in [-0.05, 0) is 139 Å². The fourth-order valence-electron chi connectivity index (χ4n) is 16.0. The van der Waals surface area contributed by atoms with E-state index >= 15 is 9.59 Å². The Kier molecular flexibility index (Phi) is 24.6. The highest BCUT2D eigenvalue weighted by atomic mass is 32.1. The van der Waals surface area contributed by atoms with Crippen LogP contribution in [0.5, 0.6) is 0 Å². The predicted octanol–water partition coefficient (Wildman–Crippen LogP) is 26.0. The summed E-state index contributed by atoms with van der Waals surface area (Å²) < 4.78 is 0. The molecule has 4 heterocycles. The molecule has 0 fully saturated rings. The Balaban J connectivity index is 0.936. The van der Waals surface area contributed by atoms with E-state index in [0.717, 1.165) is 104 Å². The number of carbonyl (C=O) groups excluding carboxylic acids is 2. The molecule has 8 aromatic carbocycles. The fraction of sp³-hybridized carbons (Fsp3) is 0.444. The summed E-state index contributed by atoms with van der Waals surface area (Å²) in [7, 11) is 0. The second kappa shape index (κ2) is 34.3. The lowest BCUT2D eigenvalue weighted by Crippen LogP contribution is -2.34. The summed E-state index contributed by atoms with van der Waals surface area (Å²) in [6.07, 6.45) is 39.6. The van der Waals surface area contributed by atoms with Gasteiger partial charge in [0.1, 0.15) is 0 Å². The quantitative estimate of drug-likeness (QED) is 0.0220. The molecule has 6 heteroatoms. The van der Waals surface area contributed by atoms with Crippen LogP contribution < -0.4 is 0 Å². The van der Waals surface area contributed by atoms with Gasteiger partial charge in [0.15, 0.2) is 0 Å². The summed E-state index contributed by atoms with van der Waals surface area (Å²) in [5, 5.41) is 14.9.